The van der Waals surface area contributed by atoms with Crippen LogP contribution in [-0.2, 0) is 4.74 Å². The Hall–Kier alpha value is -2.84. The van der Waals surface area contributed by atoms with E-state index in [1.54, 1.807) is 51.1 Å². The second-order valence-corrected chi connectivity index (χ2v) is 6.83. The summed E-state index contributed by atoms with van der Waals surface area (Å²) >= 11 is 5.92. The van der Waals surface area contributed by atoms with Gasteiger partial charge in [-0.05, 0) is 45.0 Å². The highest BCUT2D eigenvalue weighted by Gasteiger charge is 2.15. The standard InChI is InChI=1S/C20H19ClN2O3/c1-20(2,3)26-19(25)23-11-6-8-14-7-4-5-9-16(14)18(24)17-13-15(21)10-12-22-17/h4-5,7,9-10,12-13H,11H2,1-3H3,(H,23,25). The van der Waals surface area contributed by atoms with Gasteiger partial charge in [-0.2, -0.15) is 0 Å². The molecule has 1 aromatic carbocycles. The van der Waals surface area contributed by atoms with Crippen molar-refractivity contribution in [2.24, 2.45) is 0 Å². The lowest BCUT2D eigenvalue weighted by atomic mass is 10.0. The zero-order valence-corrected chi connectivity index (χ0v) is 15.6. The first kappa shape index (κ1) is 19.5. The number of ether oxygens (including phenoxy) is 1. The fourth-order valence-corrected chi connectivity index (χ4v) is 2.19. The fourth-order valence-electron chi connectivity index (χ4n) is 2.03. The Bertz CT molecular complexity index is 876. The first-order valence-corrected chi connectivity index (χ1v) is 8.35. The van der Waals surface area contributed by atoms with Gasteiger partial charge in [0.2, 0.25) is 5.78 Å². The number of carbonyl (C=O) groups is 2. The van der Waals surface area contributed by atoms with Crippen molar-refractivity contribution in [2.45, 2.75) is 26.4 Å². The molecule has 0 aliphatic heterocycles. The number of pyridine rings is 1. The zero-order valence-electron chi connectivity index (χ0n) is 14.8. The maximum absolute atomic E-state index is 12.6. The summed E-state index contributed by atoms with van der Waals surface area (Å²) in [6, 6.07) is 10.1. The Morgan fingerprint density at radius 3 is 2.65 bits per heavy atom. The number of rotatable bonds is 3. The van der Waals surface area contributed by atoms with Gasteiger partial charge in [0.15, 0.2) is 0 Å². The maximum atomic E-state index is 12.6. The Balaban J connectivity index is 2.11. The van der Waals surface area contributed by atoms with Crippen LogP contribution in [-0.4, -0.2) is 29.0 Å². The lowest BCUT2D eigenvalue weighted by Crippen LogP contribution is -2.32. The van der Waals surface area contributed by atoms with E-state index in [9.17, 15) is 9.59 Å². The molecule has 1 heterocycles. The molecule has 0 unspecified atom stereocenters. The summed E-state index contributed by atoms with van der Waals surface area (Å²) in [5, 5.41) is 2.99. The van der Waals surface area contributed by atoms with E-state index < -0.39 is 11.7 Å². The average Bonchev–Trinajstić information content (AvgIpc) is 2.57. The molecule has 1 aromatic heterocycles. The number of nitrogens with zero attached hydrogens (tertiary/aromatic N) is 1. The first-order chi connectivity index (χ1) is 12.3. The first-order valence-electron chi connectivity index (χ1n) is 7.97. The number of ketones is 1. The summed E-state index contributed by atoms with van der Waals surface area (Å²) in [6.07, 6.45) is 0.938. The Morgan fingerprint density at radius 1 is 1.23 bits per heavy atom. The van der Waals surface area contributed by atoms with Crippen molar-refractivity contribution in [3.05, 3.63) is 64.4 Å². The summed E-state index contributed by atoms with van der Waals surface area (Å²) in [5.74, 6) is 5.44. The number of amides is 1. The van der Waals surface area contributed by atoms with E-state index in [-0.39, 0.29) is 18.0 Å². The van der Waals surface area contributed by atoms with E-state index in [0.29, 0.717) is 16.1 Å². The maximum Gasteiger partial charge on any atom is 0.408 e. The van der Waals surface area contributed by atoms with Crippen LogP contribution < -0.4 is 5.32 Å². The number of halogens is 1. The van der Waals surface area contributed by atoms with Gasteiger partial charge in [0.1, 0.15) is 11.3 Å². The van der Waals surface area contributed by atoms with Crippen molar-refractivity contribution < 1.29 is 14.3 Å². The Kier molecular flexibility index (Phi) is 6.37. The Morgan fingerprint density at radius 2 is 1.96 bits per heavy atom. The molecule has 1 amide bonds. The summed E-state index contributed by atoms with van der Waals surface area (Å²) in [4.78, 5) is 28.3. The predicted molar refractivity (Wildman–Crippen MR) is 100 cm³/mol. The van der Waals surface area contributed by atoms with Gasteiger partial charge in [0, 0.05) is 22.3 Å². The number of aromatic nitrogens is 1. The number of hydrogen-bond donors (Lipinski definition) is 1. The minimum absolute atomic E-state index is 0.104. The summed E-state index contributed by atoms with van der Waals surface area (Å²) in [6.45, 7) is 5.45. The monoisotopic (exact) mass is 370 g/mol. The fraction of sp³-hybridized carbons (Fsp3) is 0.250. The van der Waals surface area contributed by atoms with Crippen molar-refractivity contribution in [3.63, 3.8) is 0 Å². The molecule has 134 valence electrons. The third kappa shape index (κ3) is 5.91. The molecule has 0 fully saturated rings. The Labute approximate surface area is 157 Å². The highest BCUT2D eigenvalue weighted by Crippen LogP contribution is 2.15. The van der Waals surface area contributed by atoms with Crippen LogP contribution in [0, 0.1) is 11.8 Å². The van der Waals surface area contributed by atoms with Crippen LogP contribution in [0.5, 0.6) is 0 Å². The van der Waals surface area contributed by atoms with Gasteiger partial charge in [0.05, 0.1) is 6.54 Å². The topological polar surface area (TPSA) is 68.3 Å². The van der Waals surface area contributed by atoms with Gasteiger partial charge in [0.25, 0.3) is 0 Å². The van der Waals surface area contributed by atoms with Crippen molar-refractivity contribution in [1.29, 1.82) is 0 Å². The summed E-state index contributed by atoms with van der Waals surface area (Å²) < 4.78 is 5.13. The molecule has 1 N–H and O–H groups in total. The third-order valence-electron chi connectivity index (χ3n) is 3.07. The van der Waals surface area contributed by atoms with Crippen LogP contribution >= 0.6 is 11.6 Å². The van der Waals surface area contributed by atoms with Gasteiger partial charge in [-0.15, -0.1) is 0 Å². The predicted octanol–water partition coefficient (Wildman–Crippen LogP) is 3.84. The zero-order chi connectivity index (χ0) is 19.2. The molecule has 0 atom stereocenters. The minimum Gasteiger partial charge on any atom is -0.444 e. The van der Waals surface area contributed by atoms with Crippen molar-refractivity contribution in [3.8, 4) is 11.8 Å². The van der Waals surface area contributed by atoms with Crippen LogP contribution in [0.15, 0.2) is 42.6 Å². The molecule has 0 bridgehead atoms. The SMILES string of the molecule is CC(C)(C)OC(=O)NCC#Cc1ccccc1C(=O)c1cc(Cl)ccn1. The van der Waals surface area contributed by atoms with E-state index >= 15 is 0 Å². The van der Waals surface area contributed by atoms with Crippen LogP contribution in [0.3, 0.4) is 0 Å². The largest absolute Gasteiger partial charge is 0.444 e. The van der Waals surface area contributed by atoms with E-state index in [1.165, 1.54) is 12.3 Å². The van der Waals surface area contributed by atoms with E-state index in [2.05, 4.69) is 22.1 Å². The van der Waals surface area contributed by atoms with Crippen LogP contribution in [0.4, 0.5) is 4.79 Å². The molecule has 0 aliphatic rings. The van der Waals surface area contributed by atoms with Gasteiger partial charge < -0.3 is 10.1 Å². The average molecular weight is 371 g/mol. The van der Waals surface area contributed by atoms with Gasteiger partial charge in [-0.3, -0.25) is 9.78 Å². The molecule has 0 saturated heterocycles. The number of nitrogens with one attached hydrogen (secondary N) is 1. The van der Waals surface area contributed by atoms with Gasteiger partial charge in [-0.25, -0.2) is 4.79 Å². The van der Waals surface area contributed by atoms with Gasteiger partial charge in [-0.1, -0.05) is 35.6 Å². The van der Waals surface area contributed by atoms with Gasteiger partial charge >= 0.3 is 6.09 Å². The van der Waals surface area contributed by atoms with E-state index in [0.717, 1.165) is 0 Å². The smallest absolute Gasteiger partial charge is 0.408 e. The molecule has 0 radical (unpaired) electrons. The van der Waals surface area contributed by atoms with Crippen molar-refractivity contribution in [2.75, 3.05) is 6.54 Å². The van der Waals surface area contributed by atoms with Crippen molar-refractivity contribution >= 4 is 23.5 Å². The molecule has 0 saturated carbocycles. The molecule has 0 aliphatic carbocycles. The van der Waals surface area contributed by atoms with E-state index in [4.69, 9.17) is 16.3 Å². The highest BCUT2D eigenvalue weighted by atomic mass is 35.5. The lowest BCUT2D eigenvalue weighted by Gasteiger charge is -2.19. The molecular formula is C20H19ClN2O3. The molecule has 5 nitrogen and oxygen atoms in total. The third-order valence-corrected chi connectivity index (χ3v) is 3.30. The number of alkyl carbamates (subject to hydrolysis) is 1. The molecule has 26 heavy (non-hydrogen) atoms. The normalized spacial score (nSPS) is 10.5. The van der Waals surface area contributed by atoms with Crippen LogP contribution in [0.2, 0.25) is 5.02 Å². The summed E-state index contributed by atoms with van der Waals surface area (Å²) in [5.41, 5.74) is 0.649. The quantitative estimate of drug-likeness (QED) is 0.658. The van der Waals surface area contributed by atoms with Crippen molar-refractivity contribution in [1.82, 2.24) is 10.3 Å². The van der Waals surface area contributed by atoms with Crippen LogP contribution in [0.1, 0.15) is 42.4 Å². The van der Waals surface area contributed by atoms with Crippen LogP contribution in [0.25, 0.3) is 0 Å². The molecule has 2 rings (SSSR count). The highest BCUT2D eigenvalue weighted by molar-refractivity contribution is 6.31. The number of hydrogen-bond acceptors (Lipinski definition) is 4. The summed E-state index contributed by atoms with van der Waals surface area (Å²) in [7, 11) is 0. The minimum atomic E-state index is -0.569. The number of carbonyl (C=O) groups excluding carboxylic acids is 2. The molecule has 2 aromatic rings. The second kappa shape index (κ2) is 8.50. The van der Waals surface area contributed by atoms with E-state index in [1.807, 2.05) is 0 Å². The molecular weight excluding hydrogens is 352 g/mol. The molecule has 0 spiro atoms. The lowest BCUT2D eigenvalue weighted by molar-refractivity contribution is 0.0535. The number of benzene rings is 1. The second-order valence-electron chi connectivity index (χ2n) is 6.39. The molecule has 6 heteroatoms.